The highest BCUT2D eigenvalue weighted by atomic mass is 16.4. The second-order valence-electron chi connectivity index (χ2n) is 1.99. The molecule has 0 aromatic rings. The maximum Gasteiger partial charge on any atom is 0.408 e. The Morgan fingerprint density at radius 1 is 1.70 bits per heavy atom. The molecule has 58 valence electrons. The van der Waals surface area contributed by atoms with Gasteiger partial charge in [-0.25, -0.2) is 4.79 Å². The van der Waals surface area contributed by atoms with Crippen LogP contribution in [0.15, 0.2) is 12.3 Å². The molecule has 0 spiro atoms. The number of allylic oxidation sites excluding steroid dienone is 1. The molecular weight excluding hydrogens is 130 g/mol. The average molecular weight is 143 g/mol. The van der Waals surface area contributed by atoms with Crippen molar-refractivity contribution in [3.8, 4) is 0 Å². The van der Waals surface area contributed by atoms with Gasteiger partial charge in [0.05, 0.1) is 0 Å². The minimum atomic E-state index is -1.01. The summed E-state index contributed by atoms with van der Waals surface area (Å²) in [5, 5.41) is 10.2. The van der Waals surface area contributed by atoms with E-state index < -0.39 is 6.09 Å². The lowest BCUT2D eigenvalue weighted by Gasteiger charge is -1.89. The van der Waals surface area contributed by atoms with Crippen molar-refractivity contribution in [1.29, 1.82) is 0 Å². The summed E-state index contributed by atoms with van der Waals surface area (Å²) in [6.45, 7) is 2.10. The highest BCUT2D eigenvalue weighted by Gasteiger charge is 1.84. The number of unbranched alkanes of at least 4 members (excludes halogenated alkanes) is 2. The van der Waals surface area contributed by atoms with E-state index in [9.17, 15) is 4.79 Å². The minimum absolute atomic E-state index is 0.941. The SMILES string of the molecule is CCCCC=CNC(=O)O. The summed E-state index contributed by atoms with van der Waals surface area (Å²) in [5.41, 5.74) is 0. The van der Waals surface area contributed by atoms with Crippen LogP contribution in [0.25, 0.3) is 0 Å². The quantitative estimate of drug-likeness (QED) is 0.591. The van der Waals surface area contributed by atoms with E-state index in [1.165, 1.54) is 6.20 Å². The number of amides is 1. The lowest BCUT2D eigenvalue weighted by molar-refractivity contribution is 0.198. The van der Waals surface area contributed by atoms with Crippen LogP contribution in [0.4, 0.5) is 4.79 Å². The molecule has 0 aliphatic heterocycles. The number of hydrogen-bond acceptors (Lipinski definition) is 1. The van der Waals surface area contributed by atoms with E-state index in [0.29, 0.717) is 0 Å². The molecule has 10 heavy (non-hydrogen) atoms. The summed E-state index contributed by atoms with van der Waals surface area (Å²) < 4.78 is 0. The number of carboxylic acid groups (broad SMARTS) is 1. The second-order valence-corrected chi connectivity index (χ2v) is 1.99. The normalized spacial score (nSPS) is 10.1. The number of rotatable bonds is 4. The van der Waals surface area contributed by atoms with E-state index in [1.807, 2.05) is 6.08 Å². The van der Waals surface area contributed by atoms with E-state index in [1.54, 1.807) is 0 Å². The van der Waals surface area contributed by atoms with Gasteiger partial charge in [0.25, 0.3) is 0 Å². The predicted molar refractivity (Wildman–Crippen MR) is 39.8 cm³/mol. The molecule has 0 fully saturated rings. The van der Waals surface area contributed by atoms with E-state index in [0.717, 1.165) is 19.3 Å². The first-order chi connectivity index (χ1) is 4.77. The van der Waals surface area contributed by atoms with E-state index in [2.05, 4.69) is 12.2 Å². The lowest BCUT2D eigenvalue weighted by Crippen LogP contribution is -2.12. The van der Waals surface area contributed by atoms with Crippen molar-refractivity contribution < 1.29 is 9.90 Å². The monoisotopic (exact) mass is 143 g/mol. The van der Waals surface area contributed by atoms with Gasteiger partial charge in [-0.05, 0) is 6.42 Å². The molecule has 0 atom stereocenters. The van der Waals surface area contributed by atoms with E-state index >= 15 is 0 Å². The minimum Gasteiger partial charge on any atom is -0.465 e. The van der Waals surface area contributed by atoms with Gasteiger partial charge in [-0.1, -0.05) is 25.8 Å². The molecule has 0 aliphatic rings. The van der Waals surface area contributed by atoms with Gasteiger partial charge in [0.2, 0.25) is 0 Å². The first kappa shape index (κ1) is 9.01. The van der Waals surface area contributed by atoms with Crippen LogP contribution in [0, 0.1) is 0 Å². The summed E-state index contributed by atoms with van der Waals surface area (Å²) in [7, 11) is 0. The Hall–Kier alpha value is -0.990. The highest BCUT2D eigenvalue weighted by Crippen LogP contribution is 1.93. The number of nitrogens with one attached hydrogen (secondary N) is 1. The predicted octanol–water partition coefficient (Wildman–Crippen LogP) is 1.96. The molecule has 2 N–H and O–H groups in total. The van der Waals surface area contributed by atoms with Crippen LogP contribution in [-0.2, 0) is 0 Å². The van der Waals surface area contributed by atoms with Crippen molar-refractivity contribution in [2.45, 2.75) is 26.2 Å². The van der Waals surface area contributed by atoms with Crippen molar-refractivity contribution in [1.82, 2.24) is 5.32 Å². The van der Waals surface area contributed by atoms with Crippen molar-refractivity contribution in [3.05, 3.63) is 12.3 Å². The lowest BCUT2D eigenvalue weighted by atomic mass is 10.2. The molecule has 1 amide bonds. The van der Waals surface area contributed by atoms with Gasteiger partial charge in [0.15, 0.2) is 0 Å². The third-order valence-electron chi connectivity index (χ3n) is 1.05. The summed E-state index contributed by atoms with van der Waals surface area (Å²) in [6, 6.07) is 0. The maximum absolute atomic E-state index is 9.87. The van der Waals surface area contributed by atoms with E-state index in [-0.39, 0.29) is 0 Å². The Labute approximate surface area is 60.7 Å². The summed E-state index contributed by atoms with van der Waals surface area (Å²) in [6.07, 6.45) is 5.45. The van der Waals surface area contributed by atoms with Crippen LogP contribution in [0.5, 0.6) is 0 Å². The Bertz CT molecular complexity index is 121. The third kappa shape index (κ3) is 7.01. The van der Waals surface area contributed by atoms with Gasteiger partial charge < -0.3 is 5.11 Å². The van der Waals surface area contributed by atoms with Crippen LogP contribution in [0.3, 0.4) is 0 Å². The van der Waals surface area contributed by atoms with Crippen molar-refractivity contribution in [2.75, 3.05) is 0 Å². The van der Waals surface area contributed by atoms with Gasteiger partial charge in [-0.3, -0.25) is 5.32 Å². The molecule has 0 rings (SSSR count). The Kier molecular flexibility index (Phi) is 5.53. The van der Waals surface area contributed by atoms with Gasteiger partial charge >= 0.3 is 6.09 Å². The van der Waals surface area contributed by atoms with Crippen molar-refractivity contribution in [2.24, 2.45) is 0 Å². The molecule has 3 nitrogen and oxygen atoms in total. The molecule has 0 aliphatic carbocycles. The maximum atomic E-state index is 9.87. The fourth-order valence-corrected chi connectivity index (χ4v) is 0.536. The second kappa shape index (κ2) is 6.13. The largest absolute Gasteiger partial charge is 0.465 e. The Morgan fingerprint density at radius 2 is 2.40 bits per heavy atom. The Morgan fingerprint density at radius 3 is 2.90 bits per heavy atom. The smallest absolute Gasteiger partial charge is 0.408 e. The first-order valence-electron chi connectivity index (χ1n) is 3.42. The molecule has 3 heteroatoms. The standard InChI is InChI=1S/C7H13NO2/c1-2-3-4-5-6-8-7(9)10/h5-6,8H,2-4H2,1H3,(H,9,10). The van der Waals surface area contributed by atoms with Crippen LogP contribution in [0.1, 0.15) is 26.2 Å². The molecule has 0 unspecified atom stereocenters. The molecule has 0 saturated carbocycles. The average Bonchev–Trinajstić information content (AvgIpc) is 1.87. The van der Waals surface area contributed by atoms with Crippen LogP contribution in [-0.4, -0.2) is 11.2 Å². The molecule has 0 radical (unpaired) electrons. The number of carbonyl (C=O) groups is 1. The van der Waals surface area contributed by atoms with Gasteiger partial charge in [-0.2, -0.15) is 0 Å². The van der Waals surface area contributed by atoms with Gasteiger partial charge in [0.1, 0.15) is 0 Å². The fourth-order valence-electron chi connectivity index (χ4n) is 0.536. The van der Waals surface area contributed by atoms with Gasteiger partial charge in [0, 0.05) is 6.20 Å². The summed E-state index contributed by atoms with van der Waals surface area (Å²) in [5.74, 6) is 0. The van der Waals surface area contributed by atoms with E-state index in [4.69, 9.17) is 5.11 Å². The first-order valence-corrected chi connectivity index (χ1v) is 3.42. The van der Waals surface area contributed by atoms with Crippen LogP contribution in [0.2, 0.25) is 0 Å². The van der Waals surface area contributed by atoms with Crippen LogP contribution < -0.4 is 5.32 Å². The van der Waals surface area contributed by atoms with Gasteiger partial charge in [-0.15, -0.1) is 0 Å². The zero-order valence-electron chi connectivity index (χ0n) is 6.13. The zero-order valence-corrected chi connectivity index (χ0v) is 6.13. The van der Waals surface area contributed by atoms with Crippen molar-refractivity contribution >= 4 is 6.09 Å². The molecular formula is C7H13NO2. The molecule has 0 saturated heterocycles. The van der Waals surface area contributed by atoms with Crippen molar-refractivity contribution in [3.63, 3.8) is 0 Å². The third-order valence-corrected chi connectivity index (χ3v) is 1.05. The fraction of sp³-hybridized carbons (Fsp3) is 0.571. The molecule has 0 aromatic carbocycles. The molecule has 0 bridgehead atoms. The summed E-state index contributed by atoms with van der Waals surface area (Å²) >= 11 is 0. The zero-order chi connectivity index (χ0) is 7.82. The summed E-state index contributed by atoms with van der Waals surface area (Å²) in [4.78, 5) is 9.87. The highest BCUT2D eigenvalue weighted by molar-refractivity contribution is 5.65. The number of hydrogen-bond donors (Lipinski definition) is 2. The molecule has 0 aromatic heterocycles. The topological polar surface area (TPSA) is 49.3 Å². The molecule has 0 heterocycles. The Balaban J connectivity index is 3.12. The van der Waals surface area contributed by atoms with Crippen LogP contribution >= 0.6 is 0 Å².